The van der Waals surface area contributed by atoms with E-state index < -0.39 is 5.82 Å². The normalized spacial score (nSPS) is 14.4. The molecule has 1 aliphatic heterocycles. The van der Waals surface area contributed by atoms with E-state index in [-0.39, 0.29) is 5.91 Å². The third kappa shape index (κ3) is 3.66. The zero-order valence-electron chi connectivity index (χ0n) is 14.6. The Kier molecular flexibility index (Phi) is 4.81. The standard InChI is InChI=1S/C20H18ClFN4O/c21-16-4-2-6-18(14-16)26-8-7-23-20(26)25-11-9-24(10-12-25)19(27)15-3-1-5-17(22)13-15/h1-8,13-14H,9-12H2. The number of imidazole rings is 1. The molecule has 0 N–H and O–H groups in total. The summed E-state index contributed by atoms with van der Waals surface area (Å²) in [6, 6.07) is 13.4. The number of rotatable bonds is 3. The molecule has 27 heavy (non-hydrogen) atoms. The summed E-state index contributed by atoms with van der Waals surface area (Å²) in [7, 11) is 0. The molecule has 5 nitrogen and oxygen atoms in total. The fourth-order valence-corrected chi connectivity index (χ4v) is 3.46. The monoisotopic (exact) mass is 384 g/mol. The molecule has 1 amide bonds. The van der Waals surface area contributed by atoms with Crippen molar-refractivity contribution in [3.05, 3.63) is 77.3 Å². The largest absolute Gasteiger partial charge is 0.338 e. The Morgan fingerprint density at radius 3 is 2.56 bits per heavy atom. The molecular formula is C20H18ClFN4O. The van der Waals surface area contributed by atoms with Crippen molar-refractivity contribution in [2.24, 2.45) is 0 Å². The molecule has 1 aliphatic rings. The third-order valence-corrected chi connectivity index (χ3v) is 4.86. The van der Waals surface area contributed by atoms with Crippen LogP contribution in [-0.2, 0) is 0 Å². The molecule has 0 aliphatic carbocycles. The van der Waals surface area contributed by atoms with Gasteiger partial charge in [-0.3, -0.25) is 9.36 Å². The van der Waals surface area contributed by atoms with Gasteiger partial charge in [0.2, 0.25) is 5.95 Å². The number of carbonyl (C=O) groups excluding carboxylic acids is 1. The molecule has 0 bridgehead atoms. The van der Waals surface area contributed by atoms with Gasteiger partial charge in [0, 0.05) is 54.8 Å². The molecule has 1 fully saturated rings. The highest BCUT2D eigenvalue weighted by atomic mass is 35.5. The fourth-order valence-electron chi connectivity index (χ4n) is 3.27. The summed E-state index contributed by atoms with van der Waals surface area (Å²) in [6.45, 7) is 2.41. The lowest BCUT2D eigenvalue weighted by Gasteiger charge is -2.35. The maximum absolute atomic E-state index is 13.4. The summed E-state index contributed by atoms with van der Waals surface area (Å²) in [5, 5.41) is 0.664. The summed E-state index contributed by atoms with van der Waals surface area (Å²) >= 11 is 6.10. The van der Waals surface area contributed by atoms with E-state index in [1.807, 2.05) is 35.0 Å². The predicted molar refractivity (Wildman–Crippen MR) is 103 cm³/mol. The van der Waals surface area contributed by atoms with Crippen LogP contribution in [0, 0.1) is 5.82 Å². The maximum Gasteiger partial charge on any atom is 0.254 e. The van der Waals surface area contributed by atoms with Crippen LogP contribution < -0.4 is 4.90 Å². The second-order valence-corrected chi connectivity index (χ2v) is 6.80. The van der Waals surface area contributed by atoms with Crippen LogP contribution in [0.4, 0.5) is 10.3 Å². The molecule has 7 heteroatoms. The molecule has 0 saturated carbocycles. The number of aromatic nitrogens is 2. The average Bonchev–Trinajstić information content (AvgIpc) is 3.17. The lowest BCUT2D eigenvalue weighted by Crippen LogP contribution is -2.49. The summed E-state index contributed by atoms with van der Waals surface area (Å²) in [5.41, 5.74) is 1.32. The third-order valence-electron chi connectivity index (χ3n) is 4.63. The van der Waals surface area contributed by atoms with Crippen molar-refractivity contribution >= 4 is 23.5 Å². The highest BCUT2D eigenvalue weighted by molar-refractivity contribution is 6.30. The van der Waals surface area contributed by atoms with Gasteiger partial charge in [0.1, 0.15) is 5.82 Å². The number of nitrogens with zero attached hydrogens (tertiary/aromatic N) is 4. The topological polar surface area (TPSA) is 41.4 Å². The minimum atomic E-state index is -0.400. The summed E-state index contributed by atoms with van der Waals surface area (Å²) < 4.78 is 15.4. The van der Waals surface area contributed by atoms with Gasteiger partial charge in [-0.05, 0) is 36.4 Å². The molecule has 138 valence electrons. The SMILES string of the molecule is O=C(c1cccc(F)c1)N1CCN(c2nccn2-c2cccc(Cl)c2)CC1. The Morgan fingerprint density at radius 1 is 1.04 bits per heavy atom. The molecule has 2 aromatic carbocycles. The molecule has 2 heterocycles. The van der Waals surface area contributed by atoms with E-state index in [0.717, 1.165) is 11.6 Å². The van der Waals surface area contributed by atoms with Gasteiger partial charge >= 0.3 is 0 Å². The highest BCUT2D eigenvalue weighted by Crippen LogP contribution is 2.22. The van der Waals surface area contributed by atoms with Gasteiger partial charge in [-0.2, -0.15) is 0 Å². The lowest BCUT2D eigenvalue weighted by atomic mass is 10.2. The molecule has 0 spiro atoms. The number of amides is 1. The van der Waals surface area contributed by atoms with Crippen LogP contribution in [0.2, 0.25) is 5.02 Å². The van der Waals surface area contributed by atoms with Gasteiger partial charge in [-0.1, -0.05) is 23.7 Å². The van der Waals surface area contributed by atoms with Gasteiger partial charge in [0.25, 0.3) is 5.91 Å². The smallest absolute Gasteiger partial charge is 0.254 e. The number of anilines is 1. The number of benzene rings is 2. The Morgan fingerprint density at radius 2 is 1.81 bits per heavy atom. The second kappa shape index (κ2) is 7.40. The van der Waals surface area contributed by atoms with E-state index in [0.29, 0.717) is 36.8 Å². The van der Waals surface area contributed by atoms with E-state index in [2.05, 4.69) is 9.88 Å². The van der Waals surface area contributed by atoms with Gasteiger partial charge in [0.05, 0.1) is 0 Å². The van der Waals surface area contributed by atoms with Crippen molar-refractivity contribution in [1.29, 1.82) is 0 Å². The number of piperazine rings is 1. The van der Waals surface area contributed by atoms with Gasteiger partial charge in [0.15, 0.2) is 0 Å². The van der Waals surface area contributed by atoms with Crippen LogP contribution >= 0.6 is 11.6 Å². The minimum Gasteiger partial charge on any atom is -0.338 e. The van der Waals surface area contributed by atoms with Crippen LogP contribution in [0.15, 0.2) is 60.9 Å². The van der Waals surface area contributed by atoms with Crippen molar-refractivity contribution < 1.29 is 9.18 Å². The van der Waals surface area contributed by atoms with Crippen LogP contribution in [0.25, 0.3) is 5.69 Å². The molecule has 0 radical (unpaired) electrons. The van der Waals surface area contributed by atoms with Crippen molar-refractivity contribution in [2.45, 2.75) is 0 Å². The molecule has 1 aromatic heterocycles. The molecule has 0 atom stereocenters. The first-order valence-electron chi connectivity index (χ1n) is 8.71. The number of hydrogen-bond acceptors (Lipinski definition) is 3. The Bertz CT molecular complexity index is 966. The Hall–Kier alpha value is -2.86. The highest BCUT2D eigenvalue weighted by Gasteiger charge is 2.24. The van der Waals surface area contributed by atoms with E-state index >= 15 is 0 Å². The summed E-state index contributed by atoms with van der Waals surface area (Å²) in [6.07, 6.45) is 3.64. The molecule has 1 saturated heterocycles. The predicted octanol–water partition coefficient (Wildman–Crippen LogP) is 3.63. The molecule has 4 rings (SSSR count). The average molecular weight is 385 g/mol. The number of halogens is 2. The zero-order chi connectivity index (χ0) is 18.8. The second-order valence-electron chi connectivity index (χ2n) is 6.37. The van der Waals surface area contributed by atoms with Crippen LogP contribution in [0.5, 0.6) is 0 Å². The van der Waals surface area contributed by atoms with E-state index in [1.165, 1.54) is 12.1 Å². The van der Waals surface area contributed by atoms with Crippen molar-refractivity contribution in [3.63, 3.8) is 0 Å². The van der Waals surface area contributed by atoms with E-state index in [9.17, 15) is 9.18 Å². The number of carbonyl (C=O) groups is 1. The van der Waals surface area contributed by atoms with E-state index in [1.54, 1.807) is 23.2 Å². The maximum atomic E-state index is 13.4. The van der Waals surface area contributed by atoms with Crippen LogP contribution in [-0.4, -0.2) is 46.5 Å². The van der Waals surface area contributed by atoms with Crippen molar-refractivity contribution in [1.82, 2.24) is 14.5 Å². The zero-order valence-corrected chi connectivity index (χ0v) is 15.3. The molecule has 0 unspecified atom stereocenters. The summed E-state index contributed by atoms with van der Waals surface area (Å²) in [4.78, 5) is 20.9. The van der Waals surface area contributed by atoms with Crippen molar-refractivity contribution in [2.75, 3.05) is 31.1 Å². The molecule has 3 aromatic rings. The lowest BCUT2D eigenvalue weighted by molar-refractivity contribution is 0.0745. The van der Waals surface area contributed by atoms with E-state index in [4.69, 9.17) is 11.6 Å². The van der Waals surface area contributed by atoms with Gasteiger partial charge in [-0.15, -0.1) is 0 Å². The van der Waals surface area contributed by atoms with Gasteiger partial charge in [-0.25, -0.2) is 9.37 Å². The minimum absolute atomic E-state index is 0.146. The fraction of sp³-hybridized carbons (Fsp3) is 0.200. The first-order chi connectivity index (χ1) is 13.1. The van der Waals surface area contributed by atoms with Crippen LogP contribution in [0.1, 0.15) is 10.4 Å². The van der Waals surface area contributed by atoms with Crippen LogP contribution in [0.3, 0.4) is 0 Å². The Labute approximate surface area is 161 Å². The summed E-state index contributed by atoms with van der Waals surface area (Å²) in [5.74, 6) is 0.269. The molecular weight excluding hydrogens is 367 g/mol. The number of hydrogen-bond donors (Lipinski definition) is 0. The van der Waals surface area contributed by atoms with Crippen molar-refractivity contribution in [3.8, 4) is 5.69 Å². The first kappa shape index (κ1) is 17.5. The van der Waals surface area contributed by atoms with Gasteiger partial charge < -0.3 is 9.80 Å². The first-order valence-corrected chi connectivity index (χ1v) is 9.09. The quantitative estimate of drug-likeness (QED) is 0.692. The Balaban J connectivity index is 1.47.